The van der Waals surface area contributed by atoms with Gasteiger partial charge in [-0.05, 0) is 64.8 Å². The van der Waals surface area contributed by atoms with Crippen molar-refractivity contribution in [2.24, 2.45) is 7.05 Å². The third-order valence-electron chi connectivity index (χ3n) is 6.88. The number of carbonyl (C=O) groups is 1. The van der Waals surface area contributed by atoms with E-state index in [1.807, 2.05) is 6.07 Å². The predicted octanol–water partition coefficient (Wildman–Crippen LogP) is 8.03. The van der Waals surface area contributed by atoms with Gasteiger partial charge in [0.25, 0.3) is 0 Å². The normalized spacial score (nSPS) is 11.7. The summed E-state index contributed by atoms with van der Waals surface area (Å²) < 4.78 is 2.26. The standard InChI is InChI=1S/C28H17N2.C5H8O2.Ir/c1-30-25-14-5-4-10-21(25)28-20(12-7-15-26(28)30)24-16-22-18-9-3-2-8-17(18)19-11-6-13-23(29-24)27(19)22;1-4(6)3-5(2)7;/h2-11,13-16H,1H3;3,6H,1-2H3;/q-1;;/b;4-3-;. The maximum absolute atomic E-state index is 10.0. The summed E-state index contributed by atoms with van der Waals surface area (Å²) in [4.78, 5) is 15.1. The molecule has 2 heterocycles. The number of nitrogens with zero attached hydrogens (tertiary/aromatic N) is 2. The third kappa shape index (κ3) is 4.14. The minimum atomic E-state index is -0.125. The number of aliphatic hydroxyl groups is 1. The molecule has 0 aliphatic heterocycles. The van der Waals surface area contributed by atoms with Gasteiger partial charge in [0.1, 0.15) is 0 Å². The molecule has 2 aromatic heterocycles. The summed E-state index contributed by atoms with van der Waals surface area (Å²) in [6.07, 6.45) is 1.17. The van der Waals surface area contributed by atoms with Crippen LogP contribution < -0.4 is 0 Å². The summed E-state index contributed by atoms with van der Waals surface area (Å²) in [5.41, 5.74) is 10.7. The van der Waals surface area contributed by atoms with Crippen molar-refractivity contribution in [1.29, 1.82) is 0 Å². The van der Waals surface area contributed by atoms with Crippen molar-refractivity contribution in [3.8, 4) is 33.5 Å². The Kier molecular flexibility index (Phi) is 6.75. The molecule has 0 amide bonds. The SMILES string of the molecule is CC(=O)/C=C(/C)O.Cn1c2ccccc2c2c(-c3cc4c5c(cccc5n3)-c3ccccc3-4)[c-]ccc21.[Ir]. The second-order valence-electron chi connectivity index (χ2n) is 9.39. The van der Waals surface area contributed by atoms with Crippen molar-refractivity contribution in [3.05, 3.63) is 103 Å². The molecule has 4 nitrogen and oxygen atoms in total. The molecular formula is C33H25IrN2O2-. The first-order chi connectivity index (χ1) is 17.9. The fraction of sp³-hybridized carbons (Fsp3) is 0.0909. The fourth-order valence-corrected chi connectivity index (χ4v) is 5.45. The number of allylic oxidation sites excluding steroid dienone is 2. The second kappa shape index (κ2) is 10.0. The molecule has 189 valence electrons. The van der Waals surface area contributed by atoms with Crippen LogP contribution in [-0.4, -0.2) is 20.4 Å². The Morgan fingerprint density at radius 1 is 0.842 bits per heavy atom. The zero-order valence-electron chi connectivity index (χ0n) is 21.2. The minimum absolute atomic E-state index is 0. The maximum atomic E-state index is 10.0. The van der Waals surface area contributed by atoms with Gasteiger partial charge in [-0.25, -0.2) is 0 Å². The van der Waals surface area contributed by atoms with E-state index in [9.17, 15) is 4.79 Å². The molecule has 0 bridgehead atoms. The molecule has 4 aromatic carbocycles. The van der Waals surface area contributed by atoms with E-state index in [1.54, 1.807) is 0 Å². The van der Waals surface area contributed by atoms with Crippen LogP contribution in [0.3, 0.4) is 0 Å². The van der Waals surface area contributed by atoms with Gasteiger partial charge in [-0.3, -0.25) is 9.78 Å². The van der Waals surface area contributed by atoms with Crippen LogP contribution in [0.1, 0.15) is 13.8 Å². The van der Waals surface area contributed by atoms with E-state index in [0.29, 0.717) is 0 Å². The van der Waals surface area contributed by atoms with E-state index in [1.165, 1.54) is 69.4 Å². The average molecular weight is 674 g/mol. The molecule has 0 fully saturated rings. The molecule has 5 heteroatoms. The molecule has 6 aromatic rings. The summed E-state index contributed by atoms with van der Waals surface area (Å²) in [6, 6.07) is 33.6. The largest absolute Gasteiger partial charge is 0.512 e. The summed E-state index contributed by atoms with van der Waals surface area (Å²) in [5.74, 6) is -0.0625. The van der Waals surface area contributed by atoms with Crippen LogP contribution >= 0.6 is 0 Å². The van der Waals surface area contributed by atoms with Crippen molar-refractivity contribution < 1.29 is 30.0 Å². The molecule has 0 unspecified atom stereocenters. The monoisotopic (exact) mass is 674 g/mol. The molecule has 0 saturated heterocycles. The topological polar surface area (TPSA) is 55.1 Å². The molecule has 38 heavy (non-hydrogen) atoms. The van der Waals surface area contributed by atoms with E-state index in [0.717, 1.165) is 16.8 Å². The molecule has 1 aliphatic rings. The number of aromatic nitrogens is 2. The van der Waals surface area contributed by atoms with Crippen LogP contribution in [0, 0.1) is 6.07 Å². The van der Waals surface area contributed by atoms with Crippen LogP contribution in [0.4, 0.5) is 0 Å². The first-order valence-electron chi connectivity index (χ1n) is 12.2. The van der Waals surface area contributed by atoms with Crippen LogP contribution in [0.15, 0.2) is 96.8 Å². The molecule has 1 radical (unpaired) electrons. The van der Waals surface area contributed by atoms with Gasteiger partial charge in [0.15, 0.2) is 5.78 Å². The van der Waals surface area contributed by atoms with E-state index in [4.69, 9.17) is 10.1 Å². The molecule has 0 atom stereocenters. The van der Waals surface area contributed by atoms with Crippen molar-refractivity contribution >= 4 is 38.5 Å². The van der Waals surface area contributed by atoms with Crippen LogP contribution in [0.2, 0.25) is 0 Å². The Hall–Kier alpha value is -4.05. The fourth-order valence-electron chi connectivity index (χ4n) is 5.45. The van der Waals surface area contributed by atoms with Crippen LogP contribution in [-0.2, 0) is 31.9 Å². The van der Waals surface area contributed by atoms with Gasteiger partial charge in [0.2, 0.25) is 0 Å². The number of hydrogen-bond acceptors (Lipinski definition) is 3. The Labute approximate surface area is 234 Å². The van der Waals surface area contributed by atoms with Crippen molar-refractivity contribution in [2.45, 2.75) is 13.8 Å². The van der Waals surface area contributed by atoms with Gasteiger partial charge < -0.3 is 9.67 Å². The number of aryl methyl sites for hydroxylation is 1. The van der Waals surface area contributed by atoms with Gasteiger partial charge >= 0.3 is 0 Å². The number of para-hydroxylation sites is 1. The van der Waals surface area contributed by atoms with Gasteiger partial charge in [-0.15, -0.1) is 23.8 Å². The van der Waals surface area contributed by atoms with Crippen LogP contribution in [0.25, 0.3) is 66.2 Å². The zero-order chi connectivity index (χ0) is 25.7. The van der Waals surface area contributed by atoms with Gasteiger partial charge in [0.05, 0.1) is 11.3 Å². The third-order valence-corrected chi connectivity index (χ3v) is 6.88. The van der Waals surface area contributed by atoms with E-state index >= 15 is 0 Å². The van der Waals surface area contributed by atoms with Crippen LogP contribution in [0.5, 0.6) is 0 Å². The molecule has 1 N–H and O–H groups in total. The number of aliphatic hydroxyl groups excluding tert-OH is 1. The maximum Gasteiger partial charge on any atom is 0.155 e. The van der Waals surface area contributed by atoms with Gasteiger partial charge in [-0.1, -0.05) is 66.0 Å². The Morgan fingerprint density at radius 2 is 1.53 bits per heavy atom. The Balaban J connectivity index is 0.000000329. The summed E-state index contributed by atoms with van der Waals surface area (Å²) in [5, 5.41) is 12.1. The number of fused-ring (bicyclic) bond motifs is 6. The van der Waals surface area contributed by atoms with E-state index in [-0.39, 0.29) is 31.6 Å². The molecule has 0 saturated carbocycles. The number of benzene rings is 4. The number of carbonyl (C=O) groups excluding carboxylic acids is 1. The average Bonchev–Trinajstić information content (AvgIpc) is 3.38. The molecular weight excluding hydrogens is 649 g/mol. The number of rotatable bonds is 2. The molecule has 1 aliphatic carbocycles. The predicted molar refractivity (Wildman–Crippen MR) is 151 cm³/mol. The van der Waals surface area contributed by atoms with Crippen molar-refractivity contribution in [2.75, 3.05) is 0 Å². The summed E-state index contributed by atoms with van der Waals surface area (Å²) in [7, 11) is 2.13. The van der Waals surface area contributed by atoms with Crippen molar-refractivity contribution in [3.63, 3.8) is 0 Å². The van der Waals surface area contributed by atoms with Gasteiger partial charge in [-0.2, -0.15) is 0 Å². The Morgan fingerprint density at radius 3 is 2.24 bits per heavy atom. The Bertz CT molecular complexity index is 1900. The van der Waals surface area contributed by atoms with E-state index < -0.39 is 0 Å². The first kappa shape index (κ1) is 25.6. The first-order valence-corrected chi connectivity index (χ1v) is 12.2. The summed E-state index contributed by atoms with van der Waals surface area (Å²) >= 11 is 0. The van der Waals surface area contributed by atoms with Crippen molar-refractivity contribution in [1.82, 2.24) is 9.55 Å². The second-order valence-corrected chi connectivity index (χ2v) is 9.39. The number of pyridine rings is 1. The molecule has 0 spiro atoms. The van der Waals surface area contributed by atoms with Gasteiger partial charge in [0, 0.05) is 44.1 Å². The van der Waals surface area contributed by atoms with E-state index in [2.05, 4.69) is 96.5 Å². The quantitative estimate of drug-likeness (QED) is 0.115. The number of hydrogen-bond donors (Lipinski definition) is 1. The number of ketones is 1. The minimum Gasteiger partial charge on any atom is -0.512 e. The molecule has 7 rings (SSSR count). The zero-order valence-corrected chi connectivity index (χ0v) is 23.6. The summed E-state index contributed by atoms with van der Waals surface area (Å²) in [6.45, 7) is 2.85. The smallest absolute Gasteiger partial charge is 0.155 e.